The van der Waals surface area contributed by atoms with E-state index in [1.165, 1.54) is 16.0 Å². The lowest BCUT2D eigenvalue weighted by Gasteiger charge is -2.08. The number of rotatable bonds is 3. The molecule has 84 valence electrons. The van der Waals surface area contributed by atoms with Crippen LogP contribution in [0.2, 0.25) is 0 Å². The van der Waals surface area contributed by atoms with Gasteiger partial charge in [-0.25, -0.2) is 0 Å². The highest BCUT2D eigenvalue weighted by Gasteiger charge is 2.00. The van der Waals surface area contributed by atoms with Gasteiger partial charge in [0.25, 0.3) is 0 Å². The van der Waals surface area contributed by atoms with Gasteiger partial charge in [-0.15, -0.1) is 11.3 Å². The van der Waals surface area contributed by atoms with E-state index in [0.29, 0.717) is 0 Å². The zero-order chi connectivity index (χ0) is 11.5. The van der Waals surface area contributed by atoms with Crippen LogP contribution in [0.5, 0.6) is 0 Å². The summed E-state index contributed by atoms with van der Waals surface area (Å²) in [5, 5.41) is 5.42. The number of thiophene rings is 1. The Labute approximate surface area is 100 Å². The molecule has 0 saturated carbocycles. The van der Waals surface area contributed by atoms with E-state index in [4.69, 9.17) is 5.73 Å². The zero-order valence-corrected chi connectivity index (χ0v) is 10.4. The first-order chi connectivity index (χ1) is 7.65. The molecule has 0 fully saturated rings. The van der Waals surface area contributed by atoms with Gasteiger partial charge >= 0.3 is 0 Å². The topological polar surface area (TPSA) is 38.0 Å². The number of nitrogen functional groups attached to an aromatic ring is 1. The van der Waals surface area contributed by atoms with E-state index in [9.17, 15) is 0 Å². The molecule has 0 radical (unpaired) electrons. The first kappa shape index (κ1) is 11.0. The van der Waals surface area contributed by atoms with Crippen LogP contribution in [0.15, 0.2) is 29.6 Å². The molecule has 16 heavy (non-hydrogen) atoms. The highest BCUT2D eigenvalue weighted by Crippen LogP contribution is 2.21. The normalized spacial score (nSPS) is 10.4. The molecule has 1 heterocycles. The smallest absolute Gasteiger partial charge is 0.0514 e. The van der Waals surface area contributed by atoms with Crippen molar-refractivity contribution in [1.29, 1.82) is 0 Å². The summed E-state index contributed by atoms with van der Waals surface area (Å²) in [5.41, 5.74) is 10.4. The minimum atomic E-state index is 0.798. The lowest BCUT2D eigenvalue weighted by Crippen LogP contribution is -2.00. The first-order valence-corrected chi connectivity index (χ1v) is 6.17. The second-order valence-electron chi connectivity index (χ2n) is 4.03. The quantitative estimate of drug-likeness (QED) is 0.849. The van der Waals surface area contributed by atoms with Gasteiger partial charge in [0, 0.05) is 16.3 Å². The van der Waals surface area contributed by atoms with Crippen molar-refractivity contribution < 1.29 is 0 Å². The molecule has 0 spiro atoms. The summed E-state index contributed by atoms with van der Waals surface area (Å²) < 4.78 is 0. The maximum absolute atomic E-state index is 5.83. The molecular weight excluding hydrogens is 216 g/mol. The van der Waals surface area contributed by atoms with Gasteiger partial charge in [0.15, 0.2) is 0 Å². The van der Waals surface area contributed by atoms with E-state index in [-0.39, 0.29) is 0 Å². The van der Waals surface area contributed by atoms with Gasteiger partial charge in [-0.3, -0.25) is 0 Å². The van der Waals surface area contributed by atoms with E-state index >= 15 is 0 Å². The first-order valence-electron chi connectivity index (χ1n) is 5.29. The maximum Gasteiger partial charge on any atom is 0.0514 e. The van der Waals surface area contributed by atoms with Crippen LogP contribution in [0, 0.1) is 13.8 Å². The zero-order valence-electron chi connectivity index (χ0n) is 9.58. The molecule has 0 amide bonds. The lowest BCUT2D eigenvalue weighted by molar-refractivity contribution is 1.19. The number of nitrogens with two attached hydrogens (primary N) is 1. The largest absolute Gasteiger partial charge is 0.398 e. The van der Waals surface area contributed by atoms with E-state index in [0.717, 1.165) is 17.9 Å². The number of nitrogens with one attached hydrogen (secondary N) is 1. The maximum atomic E-state index is 5.83. The van der Waals surface area contributed by atoms with E-state index in [2.05, 4.69) is 37.4 Å². The molecule has 2 aromatic rings. The Balaban J connectivity index is 2.07. The van der Waals surface area contributed by atoms with E-state index < -0.39 is 0 Å². The minimum absolute atomic E-state index is 0.798. The summed E-state index contributed by atoms with van der Waals surface area (Å²) in [6.07, 6.45) is 0. The fourth-order valence-electron chi connectivity index (χ4n) is 1.75. The van der Waals surface area contributed by atoms with Gasteiger partial charge in [0.2, 0.25) is 0 Å². The molecule has 3 N–H and O–H groups in total. The average molecular weight is 232 g/mol. The van der Waals surface area contributed by atoms with Gasteiger partial charge < -0.3 is 11.1 Å². The van der Waals surface area contributed by atoms with Gasteiger partial charge in [-0.2, -0.15) is 0 Å². The van der Waals surface area contributed by atoms with Gasteiger partial charge in [-0.05, 0) is 48.6 Å². The molecule has 0 aliphatic heterocycles. The van der Waals surface area contributed by atoms with Crippen LogP contribution < -0.4 is 11.1 Å². The van der Waals surface area contributed by atoms with Gasteiger partial charge in [0.05, 0.1) is 6.54 Å². The van der Waals surface area contributed by atoms with Crippen LogP contribution in [0.3, 0.4) is 0 Å². The van der Waals surface area contributed by atoms with Crippen LogP contribution in [0.4, 0.5) is 11.4 Å². The Morgan fingerprint density at radius 1 is 1.19 bits per heavy atom. The summed E-state index contributed by atoms with van der Waals surface area (Å²) in [7, 11) is 0. The predicted octanol–water partition coefficient (Wildman–Crippen LogP) is 3.56. The average Bonchev–Trinajstić information content (AvgIpc) is 2.59. The van der Waals surface area contributed by atoms with Crippen molar-refractivity contribution in [3.63, 3.8) is 0 Å². The number of anilines is 2. The number of hydrogen-bond donors (Lipinski definition) is 2. The van der Waals surface area contributed by atoms with Crippen LogP contribution in [0.25, 0.3) is 0 Å². The highest BCUT2D eigenvalue weighted by atomic mass is 32.1. The molecule has 0 atom stereocenters. The van der Waals surface area contributed by atoms with Crippen LogP contribution in [-0.2, 0) is 6.54 Å². The van der Waals surface area contributed by atoms with Gasteiger partial charge in [0.1, 0.15) is 0 Å². The van der Waals surface area contributed by atoms with Crippen LogP contribution in [0.1, 0.15) is 16.0 Å². The fraction of sp³-hybridized carbons (Fsp3) is 0.231. The summed E-state index contributed by atoms with van der Waals surface area (Å²) in [4.78, 5) is 1.19. The number of hydrogen-bond acceptors (Lipinski definition) is 3. The number of aryl methyl sites for hydroxylation is 2. The monoisotopic (exact) mass is 232 g/mol. The molecule has 3 heteroatoms. The fourth-order valence-corrected chi connectivity index (χ4v) is 2.49. The second kappa shape index (κ2) is 4.58. The van der Waals surface area contributed by atoms with Crippen molar-refractivity contribution in [1.82, 2.24) is 0 Å². The molecular formula is C13H16N2S. The minimum Gasteiger partial charge on any atom is -0.398 e. The Kier molecular flexibility index (Phi) is 3.15. The molecule has 1 aromatic heterocycles. The molecule has 0 aliphatic carbocycles. The van der Waals surface area contributed by atoms with E-state index in [1.807, 2.05) is 11.4 Å². The Morgan fingerprint density at radius 3 is 2.44 bits per heavy atom. The summed E-state index contributed by atoms with van der Waals surface area (Å²) in [5.74, 6) is 0. The molecule has 0 bridgehead atoms. The second-order valence-corrected chi connectivity index (χ2v) is 5.03. The number of benzene rings is 1. The third-order valence-electron chi connectivity index (χ3n) is 2.45. The SMILES string of the molecule is Cc1cc(C)cc(NCc2sccc2N)c1. The molecule has 2 rings (SSSR count). The molecule has 2 nitrogen and oxygen atoms in total. The van der Waals surface area contributed by atoms with Crippen LogP contribution in [-0.4, -0.2) is 0 Å². The molecule has 1 aromatic carbocycles. The summed E-state index contributed by atoms with van der Waals surface area (Å²) in [6, 6.07) is 8.42. The third kappa shape index (κ3) is 2.55. The van der Waals surface area contributed by atoms with Gasteiger partial charge in [-0.1, -0.05) is 6.07 Å². The standard InChI is InChI=1S/C13H16N2S/c1-9-5-10(2)7-11(6-9)15-8-13-12(14)3-4-16-13/h3-7,15H,8,14H2,1-2H3. The van der Waals surface area contributed by atoms with Crippen LogP contribution >= 0.6 is 11.3 Å². The molecule has 0 unspecified atom stereocenters. The molecule has 0 saturated heterocycles. The Morgan fingerprint density at radius 2 is 1.88 bits per heavy atom. The summed E-state index contributed by atoms with van der Waals surface area (Å²) >= 11 is 1.69. The van der Waals surface area contributed by atoms with Crippen molar-refractivity contribution in [2.24, 2.45) is 0 Å². The Hall–Kier alpha value is -1.48. The highest BCUT2D eigenvalue weighted by molar-refractivity contribution is 7.10. The van der Waals surface area contributed by atoms with Crippen molar-refractivity contribution in [2.45, 2.75) is 20.4 Å². The summed E-state index contributed by atoms with van der Waals surface area (Å²) in [6.45, 7) is 5.02. The van der Waals surface area contributed by atoms with Crippen molar-refractivity contribution in [3.05, 3.63) is 45.6 Å². The van der Waals surface area contributed by atoms with Crippen molar-refractivity contribution in [2.75, 3.05) is 11.1 Å². The predicted molar refractivity (Wildman–Crippen MR) is 72.0 cm³/mol. The Bertz CT molecular complexity index is 468. The van der Waals surface area contributed by atoms with E-state index in [1.54, 1.807) is 11.3 Å². The molecule has 0 aliphatic rings. The van der Waals surface area contributed by atoms with Crippen molar-refractivity contribution in [3.8, 4) is 0 Å². The third-order valence-corrected chi connectivity index (χ3v) is 3.39. The van der Waals surface area contributed by atoms with Crippen molar-refractivity contribution >= 4 is 22.7 Å². The lowest BCUT2D eigenvalue weighted by atomic mass is 10.1.